The van der Waals surface area contributed by atoms with Gasteiger partial charge in [-0.15, -0.1) is 0 Å². The molecule has 0 radical (unpaired) electrons. The van der Waals surface area contributed by atoms with Gasteiger partial charge in [0.15, 0.2) is 4.67 Å². The fourth-order valence-corrected chi connectivity index (χ4v) is 2.89. The molecule has 2 atom stereocenters. The first-order valence-electron chi connectivity index (χ1n) is 5.48. The lowest BCUT2D eigenvalue weighted by Gasteiger charge is -2.18. The number of halogens is 2. The summed E-state index contributed by atoms with van der Waals surface area (Å²) in [5, 5.41) is 12.6. The van der Waals surface area contributed by atoms with Crippen molar-refractivity contribution in [2.45, 2.75) is 31.8 Å². The largest absolute Gasteiger partial charge is 0.452 e. The number of nitrogens with one attached hydrogen (secondary N) is 1. The van der Waals surface area contributed by atoms with Gasteiger partial charge in [0.2, 0.25) is 0 Å². The molecule has 1 saturated carbocycles. The van der Waals surface area contributed by atoms with Gasteiger partial charge in [0.05, 0.1) is 11.0 Å². The van der Waals surface area contributed by atoms with Crippen LogP contribution in [0.2, 0.25) is 0 Å². The first kappa shape index (κ1) is 12.6. The van der Waals surface area contributed by atoms with E-state index in [2.05, 4.69) is 37.2 Å². The van der Waals surface area contributed by atoms with E-state index in [-0.39, 0.29) is 6.61 Å². The van der Waals surface area contributed by atoms with E-state index in [4.69, 9.17) is 4.42 Å². The molecule has 1 fully saturated rings. The number of hydrogen-bond donors (Lipinski definition) is 2. The Kier molecular flexibility index (Phi) is 4.47. The predicted molar refractivity (Wildman–Crippen MR) is 69.2 cm³/mol. The SMILES string of the molecule is OCC1CCCC1NCc1cc(Br)c(Br)o1. The number of aliphatic hydroxyl groups excluding tert-OH is 1. The first-order valence-corrected chi connectivity index (χ1v) is 7.07. The molecule has 0 aliphatic heterocycles. The Balaban J connectivity index is 1.87. The topological polar surface area (TPSA) is 45.4 Å². The lowest BCUT2D eigenvalue weighted by Crippen LogP contribution is -2.33. The Morgan fingerprint density at radius 2 is 2.25 bits per heavy atom. The third-order valence-corrected chi connectivity index (χ3v) is 4.84. The molecular formula is C11H15Br2NO2. The fraction of sp³-hybridized carbons (Fsp3) is 0.636. The van der Waals surface area contributed by atoms with Gasteiger partial charge < -0.3 is 14.8 Å². The van der Waals surface area contributed by atoms with Crippen LogP contribution < -0.4 is 5.32 Å². The molecule has 16 heavy (non-hydrogen) atoms. The summed E-state index contributed by atoms with van der Waals surface area (Å²) in [4.78, 5) is 0. The Morgan fingerprint density at radius 3 is 2.88 bits per heavy atom. The maximum absolute atomic E-state index is 9.20. The summed E-state index contributed by atoms with van der Waals surface area (Å²) in [7, 11) is 0. The quantitative estimate of drug-likeness (QED) is 0.875. The molecule has 0 amide bonds. The van der Waals surface area contributed by atoms with E-state index in [9.17, 15) is 5.11 Å². The fourth-order valence-electron chi connectivity index (χ4n) is 2.23. The summed E-state index contributed by atoms with van der Waals surface area (Å²) >= 11 is 6.70. The normalized spacial score (nSPS) is 25.2. The smallest absolute Gasteiger partial charge is 0.183 e. The Labute approximate surface area is 112 Å². The second-order valence-corrected chi connectivity index (χ2v) is 5.77. The van der Waals surface area contributed by atoms with Crippen molar-refractivity contribution < 1.29 is 9.52 Å². The van der Waals surface area contributed by atoms with Crippen molar-refractivity contribution in [3.05, 3.63) is 21.0 Å². The number of rotatable bonds is 4. The molecule has 90 valence electrons. The van der Waals surface area contributed by atoms with Crippen LogP contribution in [0.15, 0.2) is 19.6 Å². The van der Waals surface area contributed by atoms with E-state index in [1.807, 2.05) is 6.07 Å². The van der Waals surface area contributed by atoms with E-state index in [0.717, 1.165) is 27.7 Å². The summed E-state index contributed by atoms with van der Waals surface area (Å²) < 4.78 is 7.16. The maximum Gasteiger partial charge on any atom is 0.183 e. The van der Waals surface area contributed by atoms with Gasteiger partial charge in [-0.3, -0.25) is 0 Å². The molecule has 3 nitrogen and oxygen atoms in total. The molecule has 1 aromatic heterocycles. The van der Waals surface area contributed by atoms with Gasteiger partial charge in [0, 0.05) is 12.6 Å². The van der Waals surface area contributed by atoms with Gasteiger partial charge in [0.1, 0.15) is 5.76 Å². The summed E-state index contributed by atoms with van der Waals surface area (Å²) in [5.74, 6) is 1.31. The lowest BCUT2D eigenvalue weighted by atomic mass is 10.1. The minimum absolute atomic E-state index is 0.281. The van der Waals surface area contributed by atoms with E-state index >= 15 is 0 Å². The predicted octanol–water partition coefficient (Wildman–Crippen LogP) is 3.06. The second-order valence-electron chi connectivity index (χ2n) is 4.20. The highest BCUT2D eigenvalue weighted by Gasteiger charge is 2.26. The molecule has 1 aliphatic carbocycles. The van der Waals surface area contributed by atoms with Gasteiger partial charge in [0.25, 0.3) is 0 Å². The molecule has 2 unspecified atom stereocenters. The molecule has 0 bridgehead atoms. The van der Waals surface area contributed by atoms with Crippen molar-refractivity contribution in [1.29, 1.82) is 0 Å². The van der Waals surface area contributed by atoms with Crippen molar-refractivity contribution in [2.75, 3.05) is 6.61 Å². The number of hydrogen-bond acceptors (Lipinski definition) is 3. The van der Waals surface area contributed by atoms with Gasteiger partial charge in [-0.25, -0.2) is 0 Å². The van der Waals surface area contributed by atoms with E-state index < -0.39 is 0 Å². The standard InChI is InChI=1S/C11H15Br2NO2/c12-9-4-8(16-11(9)13)5-14-10-3-1-2-7(10)6-15/h4,7,10,14-15H,1-3,5-6H2. The molecule has 5 heteroatoms. The molecular weight excluding hydrogens is 338 g/mol. The number of aliphatic hydroxyl groups is 1. The van der Waals surface area contributed by atoms with Gasteiger partial charge in [-0.05, 0) is 56.7 Å². The Morgan fingerprint density at radius 1 is 1.44 bits per heavy atom. The van der Waals surface area contributed by atoms with Crippen LogP contribution in [-0.4, -0.2) is 17.8 Å². The van der Waals surface area contributed by atoms with Crippen LogP contribution in [0.25, 0.3) is 0 Å². The third-order valence-electron chi connectivity index (χ3n) is 3.13. The van der Waals surface area contributed by atoms with Gasteiger partial charge in [-0.1, -0.05) is 6.42 Å². The van der Waals surface area contributed by atoms with Crippen LogP contribution in [0.3, 0.4) is 0 Å². The van der Waals surface area contributed by atoms with Crippen molar-refractivity contribution in [1.82, 2.24) is 5.32 Å². The summed E-state index contributed by atoms with van der Waals surface area (Å²) in [6.07, 6.45) is 3.47. The first-order chi connectivity index (χ1) is 7.70. The van der Waals surface area contributed by atoms with Crippen LogP contribution in [-0.2, 0) is 6.54 Å². The molecule has 1 aromatic rings. The van der Waals surface area contributed by atoms with Crippen LogP contribution >= 0.6 is 31.9 Å². The zero-order valence-corrected chi connectivity index (χ0v) is 12.1. The van der Waals surface area contributed by atoms with Gasteiger partial charge in [-0.2, -0.15) is 0 Å². The minimum atomic E-state index is 0.281. The van der Waals surface area contributed by atoms with E-state index in [1.165, 1.54) is 6.42 Å². The molecule has 1 aliphatic rings. The van der Waals surface area contributed by atoms with Crippen LogP contribution in [0.1, 0.15) is 25.0 Å². The second kappa shape index (κ2) is 5.67. The lowest BCUT2D eigenvalue weighted by molar-refractivity contribution is 0.203. The molecule has 0 spiro atoms. The minimum Gasteiger partial charge on any atom is -0.452 e. The Hall–Kier alpha value is 0.160. The van der Waals surface area contributed by atoms with Crippen molar-refractivity contribution in [3.8, 4) is 0 Å². The van der Waals surface area contributed by atoms with E-state index in [1.54, 1.807) is 0 Å². The third kappa shape index (κ3) is 2.88. The average molecular weight is 353 g/mol. The highest BCUT2D eigenvalue weighted by molar-refractivity contribution is 9.13. The molecule has 2 N–H and O–H groups in total. The summed E-state index contributed by atoms with van der Waals surface area (Å²) in [6.45, 7) is 0.995. The summed E-state index contributed by atoms with van der Waals surface area (Å²) in [6, 6.07) is 2.38. The highest BCUT2D eigenvalue weighted by atomic mass is 79.9. The van der Waals surface area contributed by atoms with Crippen LogP contribution in [0.5, 0.6) is 0 Å². The summed E-state index contributed by atoms with van der Waals surface area (Å²) in [5.41, 5.74) is 0. The van der Waals surface area contributed by atoms with Crippen molar-refractivity contribution in [2.24, 2.45) is 5.92 Å². The van der Waals surface area contributed by atoms with Gasteiger partial charge >= 0.3 is 0 Å². The zero-order chi connectivity index (χ0) is 11.5. The van der Waals surface area contributed by atoms with Crippen molar-refractivity contribution >= 4 is 31.9 Å². The highest BCUT2D eigenvalue weighted by Crippen LogP contribution is 2.28. The van der Waals surface area contributed by atoms with Crippen LogP contribution in [0.4, 0.5) is 0 Å². The van der Waals surface area contributed by atoms with Crippen LogP contribution in [0, 0.1) is 5.92 Å². The zero-order valence-electron chi connectivity index (χ0n) is 8.88. The maximum atomic E-state index is 9.20. The number of furan rings is 1. The molecule has 0 saturated heterocycles. The van der Waals surface area contributed by atoms with Crippen molar-refractivity contribution in [3.63, 3.8) is 0 Å². The molecule has 0 aromatic carbocycles. The monoisotopic (exact) mass is 351 g/mol. The average Bonchev–Trinajstić information content (AvgIpc) is 2.83. The molecule has 2 rings (SSSR count). The molecule has 1 heterocycles. The van der Waals surface area contributed by atoms with E-state index in [0.29, 0.717) is 18.5 Å². The Bertz CT molecular complexity index is 334.